The van der Waals surface area contributed by atoms with Crippen molar-refractivity contribution in [1.29, 1.82) is 0 Å². The molecule has 4 rings (SSSR count). The molecule has 0 radical (unpaired) electrons. The van der Waals surface area contributed by atoms with Crippen LogP contribution in [-0.4, -0.2) is 53.8 Å². The third-order valence-corrected chi connectivity index (χ3v) is 7.92. The minimum absolute atomic E-state index is 0.00625. The molecule has 0 bridgehead atoms. The van der Waals surface area contributed by atoms with E-state index < -0.39 is 14.5 Å². The molecule has 8 nitrogen and oxygen atoms in total. The molecule has 3 atom stereocenters. The number of unbranched alkanes of at least 4 members (excludes halogenated alkanes) is 1. The number of hydrogen-bond donors (Lipinski definition) is 4. The zero-order valence-electron chi connectivity index (χ0n) is 23.2. The van der Waals surface area contributed by atoms with Crippen molar-refractivity contribution in [3.05, 3.63) is 89.7 Å². The number of nitrogens with zero attached hydrogens (tertiary/aromatic N) is 1. The summed E-state index contributed by atoms with van der Waals surface area (Å²) in [7, 11) is -0.228. The van der Waals surface area contributed by atoms with E-state index in [1.54, 1.807) is 24.1 Å². The number of carbonyl (C=O) groups excluding carboxylic acids is 1. The Morgan fingerprint density at radius 3 is 2.29 bits per heavy atom. The van der Waals surface area contributed by atoms with Crippen LogP contribution >= 0.6 is 8.38 Å². The van der Waals surface area contributed by atoms with E-state index in [0.717, 1.165) is 42.1 Å². The SMILES string of the molecule is COc1ccc(C2C(CCC(O)c3ccc(F)cc3)C(=O)N2c2ccc(OCCCCNCCP(O)O)cc2)cc1. The first-order chi connectivity index (χ1) is 19.9. The molecule has 1 amide bonds. The van der Waals surface area contributed by atoms with Gasteiger partial charge in [-0.15, -0.1) is 0 Å². The van der Waals surface area contributed by atoms with E-state index in [-0.39, 0.29) is 23.7 Å². The fraction of sp³-hybridized carbons (Fsp3) is 0.387. The molecule has 0 aromatic heterocycles. The molecular weight excluding hydrogens is 546 g/mol. The summed E-state index contributed by atoms with van der Waals surface area (Å²) in [4.78, 5) is 33.0. The van der Waals surface area contributed by atoms with Gasteiger partial charge >= 0.3 is 0 Å². The molecular formula is C31H38FN2O6P. The number of anilines is 1. The second-order valence-electron chi connectivity index (χ2n) is 10.1. The lowest BCUT2D eigenvalue weighted by Crippen LogP contribution is -2.55. The monoisotopic (exact) mass is 584 g/mol. The minimum atomic E-state index is -1.84. The third-order valence-electron chi connectivity index (χ3n) is 7.30. The topological polar surface area (TPSA) is 111 Å². The summed E-state index contributed by atoms with van der Waals surface area (Å²) < 4.78 is 24.5. The van der Waals surface area contributed by atoms with E-state index in [1.807, 2.05) is 48.5 Å². The van der Waals surface area contributed by atoms with E-state index in [9.17, 15) is 14.3 Å². The molecule has 3 aromatic rings. The Morgan fingerprint density at radius 2 is 1.63 bits per heavy atom. The first-order valence-electron chi connectivity index (χ1n) is 13.9. The number of benzene rings is 3. The lowest BCUT2D eigenvalue weighted by Gasteiger charge is -2.48. The van der Waals surface area contributed by atoms with Crippen LogP contribution in [0.2, 0.25) is 0 Å². The highest BCUT2D eigenvalue weighted by Crippen LogP contribution is 2.46. The minimum Gasteiger partial charge on any atom is -0.497 e. The lowest BCUT2D eigenvalue weighted by molar-refractivity contribution is -0.131. The predicted molar refractivity (Wildman–Crippen MR) is 158 cm³/mol. The van der Waals surface area contributed by atoms with E-state index in [1.165, 1.54) is 12.1 Å². The Bertz CT molecular complexity index is 1230. The highest BCUT2D eigenvalue weighted by Gasteiger charge is 2.48. The van der Waals surface area contributed by atoms with E-state index in [2.05, 4.69) is 5.32 Å². The summed E-state index contributed by atoms with van der Waals surface area (Å²) in [6.07, 6.45) is 2.23. The second kappa shape index (κ2) is 15.2. The fourth-order valence-corrected chi connectivity index (χ4v) is 5.40. The van der Waals surface area contributed by atoms with Crippen LogP contribution in [0.3, 0.4) is 0 Å². The maximum atomic E-state index is 13.4. The number of amides is 1. The van der Waals surface area contributed by atoms with Gasteiger partial charge < -0.3 is 34.6 Å². The summed E-state index contributed by atoms with van der Waals surface area (Å²) in [5, 5.41) is 13.8. The second-order valence-corrected chi connectivity index (χ2v) is 11.3. The van der Waals surface area contributed by atoms with E-state index >= 15 is 0 Å². The number of hydrogen-bond acceptors (Lipinski definition) is 7. The maximum absolute atomic E-state index is 13.4. The van der Waals surface area contributed by atoms with Crippen LogP contribution in [0.25, 0.3) is 0 Å². The van der Waals surface area contributed by atoms with Gasteiger partial charge in [0, 0.05) is 18.4 Å². The van der Waals surface area contributed by atoms with Crippen molar-refractivity contribution in [2.45, 2.75) is 37.8 Å². The molecule has 220 valence electrons. The van der Waals surface area contributed by atoms with Gasteiger partial charge in [0.1, 0.15) is 17.3 Å². The number of β-lactam (4-membered cyclic amide) rings is 1. The molecule has 3 unspecified atom stereocenters. The normalized spacial score (nSPS) is 17.4. The molecule has 1 aliphatic rings. The van der Waals surface area contributed by atoms with Crippen molar-refractivity contribution in [1.82, 2.24) is 5.32 Å². The number of aliphatic hydroxyl groups excluding tert-OH is 1. The van der Waals surface area contributed by atoms with Crippen LogP contribution in [0.15, 0.2) is 72.8 Å². The number of methoxy groups -OCH3 is 1. The molecule has 1 fully saturated rings. The van der Waals surface area contributed by atoms with Crippen LogP contribution in [0.5, 0.6) is 11.5 Å². The van der Waals surface area contributed by atoms with Crippen molar-refractivity contribution in [2.24, 2.45) is 5.92 Å². The number of rotatable bonds is 16. The van der Waals surface area contributed by atoms with Gasteiger partial charge in [-0.2, -0.15) is 0 Å². The molecule has 10 heteroatoms. The number of nitrogens with one attached hydrogen (secondary N) is 1. The van der Waals surface area contributed by atoms with Gasteiger partial charge in [0.15, 0.2) is 8.38 Å². The predicted octanol–water partition coefficient (Wildman–Crippen LogP) is 5.10. The summed E-state index contributed by atoms with van der Waals surface area (Å²) in [5.41, 5.74) is 2.38. The zero-order valence-corrected chi connectivity index (χ0v) is 24.1. The molecule has 1 aliphatic heterocycles. The van der Waals surface area contributed by atoms with E-state index in [4.69, 9.17) is 19.3 Å². The van der Waals surface area contributed by atoms with Crippen molar-refractivity contribution in [3.63, 3.8) is 0 Å². The zero-order chi connectivity index (χ0) is 29.2. The first kappa shape index (κ1) is 30.9. The Labute approximate surface area is 241 Å². The number of halogens is 1. The lowest BCUT2D eigenvalue weighted by atomic mass is 9.78. The van der Waals surface area contributed by atoms with Gasteiger partial charge in [0.2, 0.25) is 5.91 Å². The highest BCUT2D eigenvalue weighted by atomic mass is 31.2. The van der Waals surface area contributed by atoms with Crippen LogP contribution < -0.4 is 19.7 Å². The number of aliphatic hydroxyl groups is 1. The van der Waals surface area contributed by atoms with E-state index in [0.29, 0.717) is 37.7 Å². The third kappa shape index (κ3) is 8.47. The van der Waals surface area contributed by atoms with Crippen LogP contribution in [0.4, 0.5) is 10.1 Å². The summed E-state index contributed by atoms with van der Waals surface area (Å²) in [6, 6.07) is 20.8. The molecule has 0 spiro atoms. The standard InChI is InChI=1S/C31H38FN2O6P/c1-39-26-12-6-23(7-13-26)30-28(16-17-29(35)22-4-8-24(32)9-5-22)31(36)34(30)25-10-14-27(15-11-25)40-20-3-2-18-33-19-21-41(37)38/h4-15,28-30,33,35,37-38H,2-3,16-21H2,1H3. The van der Waals surface area contributed by atoms with Crippen molar-refractivity contribution >= 4 is 20.0 Å². The molecule has 1 heterocycles. The quantitative estimate of drug-likeness (QED) is 0.105. The van der Waals surface area contributed by atoms with Crippen LogP contribution in [0, 0.1) is 11.7 Å². The number of carbonyl (C=O) groups is 1. The van der Waals surface area contributed by atoms with Crippen LogP contribution in [-0.2, 0) is 4.79 Å². The van der Waals surface area contributed by atoms with Crippen molar-refractivity contribution in [3.8, 4) is 11.5 Å². The van der Waals surface area contributed by atoms with Crippen molar-refractivity contribution < 1.29 is 33.6 Å². The largest absolute Gasteiger partial charge is 0.497 e. The van der Waals surface area contributed by atoms with Crippen molar-refractivity contribution in [2.75, 3.05) is 37.9 Å². The Hall–Kier alpha value is -3.07. The number of ether oxygens (including phenoxy) is 2. The maximum Gasteiger partial charge on any atom is 0.233 e. The molecule has 1 saturated heterocycles. The van der Waals surface area contributed by atoms with Gasteiger partial charge in [0.25, 0.3) is 0 Å². The van der Waals surface area contributed by atoms with Gasteiger partial charge in [-0.1, -0.05) is 24.3 Å². The average Bonchev–Trinajstić information content (AvgIpc) is 2.98. The Kier molecular flexibility index (Phi) is 11.5. The van der Waals surface area contributed by atoms with Gasteiger partial charge in [-0.05, 0) is 91.9 Å². The fourth-order valence-electron chi connectivity index (χ4n) is 5.04. The average molecular weight is 585 g/mol. The van der Waals surface area contributed by atoms with Gasteiger partial charge in [-0.25, -0.2) is 4.39 Å². The van der Waals surface area contributed by atoms with Gasteiger partial charge in [0.05, 0.1) is 31.8 Å². The Balaban J connectivity index is 1.36. The smallest absolute Gasteiger partial charge is 0.233 e. The molecule has 3 aromatic carbocycles. The molecule has 4 N–H and O–H groups in total. The molecule has 41 heavy (non-hydrogen) atoms. The molecule has 0 aliphatic carbocycles. The summed E-state index contributed by atoms with van der Waals surface area (Å²) >= 11 is 0. The Morgan fingerprint density at radius 1 is 0.951 bits per heavy atom. The van der Waals surface area contributed by atoms with Crippen LogP contribution in [0.1, 0.15) is 49.0 Å². The highest BCUT2D eigenvalue weighted by molar-refractivity contribution is 7.45. The van der Waals surface area contributed by atoms with Gasteiger partial charge in [-0.3, -0.25) is 4.79 Å². The summed E-state index contributed by atoms with van der Waals surface area (Å²) in [5.74, 6) is 0.794. The molecule has 0 saturated carbocycles. The first-order valence-corrected chi connectivity index (χ1v) is 15.3. The summed E-state index contributed by atoms with van der Waals surface area (Å²) in [6.45, 7) is 1.93.